The van der Waals surface area contributed by atoms with Gasteiger partial charge in [0, 0.05) is 17.8 Å². The highest BCUT2D eigenvalue weighted by atomic mass is 16.5. The van der Waals surface area contributed by atoms with Crippen LogP contribution in [0.3, 0.4) is 0 Å². The average Bonchev–Trinajstić information content (AvgIpc) is 2.46. The molecule has 1 aromatic heterocycles. The second kappa shape index (κ2) is 7.02. The molecule has 0 aliphatic carbocycles. The quantitative estimate of drug-likeness (QED) is 0.827. The number of rotatable bonds is 6. The van der Waals surface area contributed by atoms with E-state index >= 15 is 0 Å². The summed E-state index contributed by atoms with van der Waals surface area (Å²) in [6.07, 6.45) is 2.67. The number of ether oxygens (including phenoxy) is 1. The number of hydrogen-bond acceptors (Lipinski definition) is 5. The number of aryl methyl sites for hydroxylation is 1. The number of aromatic nitrogens is 2. The van der Waals surface area contributed by atoms with Gasteiger partial charge in [-0.1, -0.05) is 12.1 Å². The van der Waals surface area contributed by atoms with Crippen molar-refractivity contribution in [3.8, 4) is 0 Å². The summed E-state index contributed by atoms with van der Waals surface area (Å²) in [5, 5.41) is 4.39. The van der Waals surface area contributed by atoms with Crippen molar-refractivity contribution in [1.82, 2.24) is 9.97 Å². The Kier molecular flexibility index (Phi) is 5.09. The maximum atomic E-state index is 11.4. The first-order chi connectivity index (χ1) is 10.1. The Morgan fingerprint density at radius 3 is 2.95 bits per heavy atom. The molecule has 2 aromatic rings. The number of carbonyl (C=O) groups excluding carboxylic acids is 1. The number of nitrogens with zero attached hydrogens (tertiary/aromatic N) is 2. The fraction of sp³-hybridized carbons (Fsp3) is 0.438. The Hall–Kier alpha value is -2.17. The summed E-state index contributed by atoms with van der Waals surface area (Å²) in [6, 6.07) is 6.13. The van der Waals surface area contributed by atoms with Gasteiger partial charge in [-0.15, -0.1) is 0 Å². The monoisotopic (exact) mass is 287 g/mol. The Balaban J connectivity index is 2.07. The number of benzene rings is 1. The second-order valence-corrected chi connectivity index (χ2v) is 5.08. The molecule has 0 aliphatic rings. The number of hydrogen-bond donors (Lipinski definition) is 1. The molecule has 21 heavy (non-hydrogen) atoms. The zero-order chi connectivity index (χ0) is 15.2. The standard InChI is InChI=1S/C16H21N3O2/c1-4-21-14(20)9-8-12(3)19-16-15-11(2)6-5-7-13(15)17-10-18-16/h5-7,10,12H,4,8-9H2,1-3H3,(H,17,18,19). The molecule has 0 bridgehead atoms. The second-order valence-electron chi connectivity index (χ2n) is 5.08. The predicted molar refractivity (Wildman–Crippen MR) is 83.2 cm³/mol. The Labute approximate surface area is 124 Å². The van der Waals surface area contributed by atoms with E-state index in [2.05, 4.69) is 15.3 Å². The van der Waals surface area contributed by atoms with Crippen LogP contribution in [0.15, 0.2) is 24.5 Å². The molecule has 1 aromatic carbocycles. The van der Waals surface area contributed by atoms with Crippen molar-refractivity contribution in [2.24, 2.45) is 0 Å². The largest absolute Gasteiger partial charge is 0.466 e. The van der Waals surface area contributed by atoms with Crippen LogP contribution >= 0.6 is 0 Å². The van der Waals surface area contributed by atoms with Crippen molar-refractivity contribution in [3.63, 3.8) is 0 Å². The summed E-state index contributed by atoms with van der Waals surface area (Å²) in [4.78, 5) is 20.0. The minimum absolute atomic E-state index is 0.132. The van der Waals surface area contributed by atoms with Crippen LogP contribution in [-0.2, 0) is 9.53 Å². The maximum absolute atomic E-state index is 11.4. The SMILES string of the molecule is CCOC(=O)CCC(C)Nc1ncnc2cccc(C)c12. The summed E-state index contributed by atoms with van der Waals surface area (Å²) < 4.78 is 4.94. The first-order valence-corrected chi connectivity index (χ1v) is 7.24. The first-order valence-electron chi connectivity index (χ1n) is 7.24. The van der Waals surface area contributed by atoms with Crippen molar-refractivity contribution < 1.29 is 9.53 Å². The van der Waals surface area contributed by atoms with E-state index in [1.165, 1.54) is 0 Å². The summed E-state index contributed by atoms with van der Waals surface area (Å²) in [5.74, 6) is 0.657. The van der Waals surface area contributed by atoms with E-state index in [1.807, 2.05) is 39.0 Å². The van der Waals surface area contributed by atoms with Crippen molar-refractivity contribution in [1.29, 1.82) is 0 Å². The molecule has 0 radical (unpaired) electrons. The number of esters is 1. The molecule has 0 saturated carbocycles. The number of fused-ring (bicyclic) bond motifs is 1. The third-order valence-electron chi connectivity index (χ3n) is 3.34. The Bertz CT molecular complexity index is 623. The van der Waals surface area contributed by atoms with Gasteiger partial charge < -0.3 is 10.1 Å². The zero-order valence-electron chi connectivity index (χ0n) is 12.7. The molecule has 1 N–H and O–H groups in total. The molecular weight excluding hydrogens is 266 g/mol. The van der Waals surface area contributed by atoms with E-state index in [0.29, 0.717) is 19.4 Å². The van der Waals surface area contributed by atoms with Crippen molar-refractivity contribution in [2.75, 3.05) is 11.9 Å². The molecule has 0 aliphatic heterocycles. The fourth-order valence-electron chi connectivity index (χ4n) is 2.26. The molecule has 5 nitrogen and oxygen atoms in total. The maximum Gasteiger partial charge on any atom is 0.305 e. The molecule has 1 atom stereocenters. The number of nitrogens with one attached hydrogen (secondary N) is 1. The molecule has 112 valence electrons. The average molecular weight is 287 g/mol. The van der Waals surface area contributed by atoms with Crippen molar-refractivity contribution in [2.45, 2.75) is 39.7 Å². The highest BCUT2D eigenvalue weighted by Crippen LogP contribution is 2.23. The van der Waals surface area contributed by atoms with Crippen LogP contribution in [0, 0.1) is 6.92 Å². The minimum Gasteiger partial charge on any atom is -0.466 e. The van der Waals surface area contributed by atoms with Crippen LogP contribution in [-0.4, -0.2) is 28.6 Å². The van der Waals surface area contributed by atoms with E-state index in [1.54, 1.807) is 6.33 Å². The van der Waals surface area contributed by atoms with E-state index in [9.17, 15) is 4.79 Å². The van der Waals surface area contributed by atoms with Crippen molar-refractivity contribution >= 4 is 22.7 Å². The number of carbonyl (C=O) groups is 1. The summed E-state index contributed by atoms with van der Waals surface area (Å²) in [7, 11) is 0. The molecule has 0 amide bonds. The van der Waals surface area contributed by atoms with Crippen LogP contribution in [0.1, 0.15) is 32.3 Å². The predicted octanol–water partition coefficient (Wildman–Crippen LogP) is 3.08. The van der Waals surface area contributed by atoms with E-state index in [0.717, 1.165) is 22.3 Å². The smallest absolute Gasteiger partial charge is 0.305 e. The van der Waals surface area contributed by atoms with Gasteiger partial charge in [0.2, 0.25) is 0 Å². The van der Waals surface area contributed by atoms with Gasteiger partial charge in [-0.2, -0.15) is 0 Å². The van der Waals surface area contributed by atoms with Gasteiger partial charge in [-0.3, -0.25) is 4.79 Å². The molecule has 1 unspecified atom stereocenters. The molecule has 1 heterocycles. The zero-order valence-corrected chi connectivity index (χ0v) is 12.7. The topological polar surface area (TPSA) is 64.1 Å². The molecule has 0 spiro atoms. The molecule has 2 rings (SSSR count). The van der Waals surface area contributed by atoms with Crippen molar-refractivity contribution in [3.05, 3.63) is 30.1 Å². The van der Waals surface area contributed by atoms with Gasteiger partial charge in [0.25, 0.3) is 0 Å². The normalized spacial score (nSPS) is 12.1. The summed E-state index contributed by atoms with van der Waals surface area (Å²) in [5.41, 5.74) is 2.05. The fourth-order valence-corrected chi connectivity index (χ4v) is 2.26. The van der Waals surface area contributed by atoms with Crippen LogP contribution in [0.4, 0.5) is 5.82 Å². The lowest BCUT2D eigenvalue weighted by Gasteiger charge is -2.16. The lowest BCUT2D eigenvalue weighted by molar-refractivity contribution is -0.143. The minimum atomic E-state index is -0.158. The molecule has 0 saturated heterocycles. The van der Waals surface area contributed by atoms with Crippen LogP contribution in [0.25, 0.3) is 10.9 Å². The van der Waals surface area contributed by atoms with Gasteiger partial charge in [0.05, 0.1) is 12.1 Å². The highest BCUT2D eigenvalue weighted by Gasteiger charge is 2.11. The Morgan fingerprint density at radius 1 is 1.38 bits per heavy atom. The summed E-state index contributed by atoms with van der Waals surface area (Å²) >= 11 is 0. The molecular formula is C16H21N3O2. The lowest BCUT2D eigenvalue weighted by atomic mass is 10.1. The van der Waals surface area contributed by atoms with Gasteiger partial charge in [-0.25, -0.2) is 9.97 Å². The van der Waals surface area contributed by atoms with Gasteiger partial charge in [-0.05, 0) is 38.8 Å². The highest BCUT2D eigenvalue weighted by molar-refractivity contribution is 5.91. The third-order valence-corrected chi connectivity index (χ3v) is 3.34. The van der Waals surface area contributed by atoms with Gasteiger partial charge >= 0.3 is 5.97 Å². The van der Waals surface area contributed by atoms with Crippen LogP contribution < -0.4 is 5.32 Å². The summed E-state index contributed by atoms with van der Waals surface area (Å²) in [6.45, 7) is 6.32. The van der Waals surface area contributed by atoms with Gasteiger partial charge in [0.15, 0.2) is 0 Å². The van der Waals surface area contributed by atoms with E-state index in [4.69, 9.17) is 4.74 Å². The van der Waals surface area contributed by atoms with Crippen LogP contribution in [0.5, 0.6) is 0 Å². The Morgan fingerprint density at radius 2 is 2.19 bits per heavy atom. The van der Waals surface area contributed by atoms with Crippen LogP contribution in [0.2, 0.25) is 0 Å². The molecule has 0 fully saturated rings. The van der Waals surface area contributed by atoms with E-state index < -0.39 is 0 Å². The molecule has 5 heteroatoms. The lowest BCUT2D eigenvalue weighted by Crippen LogP contribution is -2.18. The third kappa shape index (κ3) is 3.90. The number of anilines is 1. The van der Waals surface area contributed by atoms with E-state index in [-0.39, 0.29) is 12.0 Å². The first kappa shape index (κ1) is 15.2. The van der Waals surface area contributed by atoms with Gasteiger partial charge in [0.1, 0.15) is 12.1 Å².